The van der Waals surface area contributed by atoms with E-state index < -0.39 is 10.0 Å². The molecule has 0 fully saturated rings. The average Bonchev–Trinajstić information content (AvgIpc) is 2.73. The maximum Gasteiger partial charge on any atom is 0.261 e. The van der Waals surface area contributed by atoms with Gasteiger partial charge in [0.05, 0.1) is 16.3 Å². The van der Waals surface area contributed by atoms with Crippen LogP contribution < -0.4 is 10.0 Å². The normalized spacial score (nSPS) is 11.2. The van der Waals surface area contributed by atoms with E-state index in [9.17, 15) is 13.2 Å². The van der Waals surface area contributed by atoms with Gasteiger partial charge in [-0.1, -0.05) is 47.5 Å². The van der Waals surface area contributed by atoms with Gasteiger partial charge in [0, 0.05) is 16.5 Å². The van der Waals surface area contributed by atoms with Crippen molar-refractivity contribution >= 4 is 50.7 Å². The third kappa shape index (κ3) is 6.50. The van der Waals surface area contributed by atoms with Crippen molar-refractivity contribution in [3.8, 4) is 0 Å². The van der Waals surface area contributed by atoms with Gasteiger partial charge in [-0.25, -0.2) is 8.42 Å². The van der Waals surface area contributed by atoms with Crippen molar-refractivity contribution in [2.45, 2.75) is 24.5 Å². The SMILES string of the molecule is Cc1ccc(CSCC(=O)Nc2ccc(S(=O)(=O)Nc3cccc(Cl)c3C)cc2)cc1. The molecule has 0 unspecified atom stereocenters. The third-order valence-electron chi connectivity index (χ3n) is 4.58. The Morgan fingerprint density at radius 3 is 2.32 bits per heavy atom. The zero-order valence-corrected chi connectivity index (χ0v) is 19.6. The molecule has 5 nitrogen and oxygen atoms in total. The van der Waals surface area contributed by atoms with Crippen LogP contribution in [0.1, 0.15) is 16.7 Å². The standard InChI is InChI=1S/C23H23ClN2O3S2/c1-16-6-8-18(9-7-16)14-30-15-23(27)25-19-10-12-20(13-11-19)31(28,29)26-22-5-3-4-21(24)17(22)2/h3-13,26H,14-15H2,1-2H3,(H,25,27). The smallest absolute Gasteiger partial charge is 0.261 e. The molecule has 0 aliphatic rings. The number of amides is 1. The highest BCUT2D eigenvalue weighted by atomic mass is 35.5. The molecule has 3 aromatic carbocycles. The molecule has 31 heavy (non-hydrogen) atoms. The van der Waals surface area contributed by atoms with Gasteiger partial charge in [-0.2, -0.15) is 0 Å². The molecule has 0 aliphatic heterocycles. The number of anilines is 2. The lowest BCUT2D eigenvalue weighted by atomic mass is 10.2. The van der Waals surface area contributed by atoms with Gasteiger partial charge in [0.2, 0.25) is 5.91 Å². The number of sulfonamides is 1. The molecular weight excluding hydrogens is 452 g/mol. The van der Waals surface area contributed by atoms with Crippen LogP contribution in [0.3, 0.4) is 0 Å². The number of benzene rings is 3. The summed E-state index contributed by atoms with van der Waals surface area (Å²) >= 11 is 7.58. The summed E-state index contributed by atoms with van der Waals surface area (Å²) in [6.07, 6.45) is 0. The van der Waals surface area contributed by atoms with Gasteiger partial charge in [-0.15, -0.1) is 11.8 Å². The van der Waals surface area contributed by atoms with Crippen LogP contribution in [-0.4, -0.2) is 20.1 Å². The highest BCUT2D eigenvalue weighted by molar-refractivity contribution is 7.99. The van der Waals surface area contributed by atoms with E-state index in [2.05, 4.69) is 22.2 Å². The summed E-state index contributed by atoms with van der Waals surface area (Å²) in [4.78, 5) is 12.3. The molecule has 162 valence electrons. The van der Waals surface area contributed by atoms with Gasteiger partial charge in [0.1, 0.15) is 0 Å². The lowest BCUT2D eigenvalue weighted by Crippen LogP contribution is -2.15. The first kappa shape index (κ1) is 23.2. The molecule has 2 N–H and O–H groups in total. The Hall–Kier alpha value is -2.48. The molecule has 0 spiro atoms. The van der Waals surface area contributed by atoms with Crippen LogP contribution in [-0.2, 0) is 20.6 Å². The van der Waals surface area contributed by atoms with E-state index in [-0.39, 0.29) is 10.8 Å². The summed E-state index contributed by atoms with van der Waals surface area (Å²) in [5.41, 5.74) is 3.99. The van der Waals surface area contributed by atoms with Gasteiger partial charge in [0.25, 0.3) is 10.0 Å². The first-order valence-electron chi connectivity index (χ1n) is 9.56. The van der Waals surface area contributed by atoms with Gasteiger partial charge in [-0.05, 0) is 61.4 Å². The lowest BCUT2D eigenvalue weighted by molar-refractivity contribution is -0.113. The Labute approximate surface area is 192 Å². The molecule has 0 saturated carbocycles. The molecule has 0 heterocycles. The molecule has 0 aliphatic carbocycles. The van der Waals surface area contributed by atoms with E-state index in [1.165, 1.54) is 35.0 Å². The van der Waals surface area contributed by atoms with Crippen molar-refractivity contribution < 1.29 is 13.2 Å². The summed E-state index contributed by atoms with van der Waals surface area (Å²) in [6, 6.07) is 19.3. The number of carbonyl (C=O) groups is 1. The van der Waals surface area contributed by atoms with Crippen molar-refractivity contribution in [3.05, 3.63) is 88.4 Å². The van der Waals surface area contributed by atoms with Crippen molar-refractivity contribution in [1.29, 1.82) is 0 Å². The Morgan fingerprint density at radius 1 is 0.968 bits per heavy atom. The fourth-order valence-electron chi connectivity index (χ4n) is 2.78. The minimum atomic E-state index is -3.77. The van der Waals surface area contributed by atoms with Crippen LogP contribution in [0.25, 0.3) is 0 Å². The highest BCUT2D eigenvalue weighted by Gasteiger charge is 2.16. The topological polar surface area (TPSA) is 75.3 Å². The summed E-state index contributed by atoms with van der Waals surface area (Å²) in [7, 11) is -3.77. The van der Waals surface area contributed by atoms with E-state index >= 15 is 0 Å². The summed E-state index contributed by atoms with van der Waals surface area (Å²) in [5, 5.41) is 3.27. The molecule has 3 rings (SSSR count). The summed E-state index contributed by atoms with van der Waals surface area (Å²) < 4.78 is 27.8. The molecule has 0 saturated heterocycles. The molecule has 3 aromatic rings. The fourth-order valence-corrected chi connectivity index (χ4v) is 4.87. The Balaban J connectivity index is 1.55. The quantitative estimate of drug-likeness (QED) is 0.443. The molecular formula is C23H23ClN2O3S2. The van der Waals surface area contributed by atoms with Gasteiger partial charge >= 0.3 is 0 Å². The largest absolute Gasteiger partial charge is 0.325 e. The van der Waals surface area contributed by atoms with Gasteiger partial charge in [0.15, 0.2) is 0 Å². The Morgan fingerprint density at radius 2 is 1.65 bits per heavy atom. The highest BCUT2D eigenvalue weighted by Crippen LogP contribution is 2.26. The minimum absolute atomic E-state index is 0.0959. The zero-order chi connectivity index (χ0) is 22.4. The predicted molar refractivity (Wildman–Crippen MR) is 129 cm³/mol. The van der Waals surface area contributed by atoms with Crippen LogP contribution in [0, 0.1) is 13.8 Å². The molecule has 1 amide bonds. The second kappa shape index (κ2) is 10.2. The number of hydrogen-bond acceptors (Lipinski definition) is 4. The summed E-state index contributed by atoms with van der Waals surface area (Å²) in [6.45, 7) is 3.78. The number of thioether (sulfide) groups is 1. The molecule has 0 radical (unpaired) electrons. The Bertz CT molecular complexity index is 1160. The van der Waals surface area contributed by atoms with Crippen LogP contribution >= 0.6 is 23.4 Å². The number of aryl methyl sites for hydroxylation is 1. The van der Waals surface area contributed by atoms with Crippen LogP contribution in [0.4, 0.5) is 11.4 Å². The number of halogens is 1. The van der Waals surface area contributed by atoms with Crippen molar-refractivity contribution in [2.24, 2.45) is 0 Å². The number of carbonyl (C=O) groups excluding carboxylic acids is 1. The van der Waals surface area contributed by atoms with Crippen LogP contribution in [0.2, 0.25) is 5.02 Å². The minimum Gasteiger partial charge on any atom is -0.325 e. The second-order valence-corrected chi connectivity index (χ2v) is 10.1. The monoisotopic (exact) mass is 474 g/mol. The summed E-state index contributed by atoms with van der Waals surface area (Å²) in [5.74, 6) is 0.920. The molecule has 0 bridgehead atoms. The van der Waals surface area contributed by atoms with E-state index in [0.29, 0.717) is 27.7 Å². The molecule has 8 heteroatoms. The third-order valence-corrected chi connectivity index (χ3v) is 7.38. The maximum absolute atomic E-state index is 12.7. The van der Waals surface area contributed by atoms with Crippen LogP contribution in [0.5, 0.6) is 0 Å². The molecule has 0 aromatic heterocycles. The van der Waals surface area contributed by atoms with E-state index in [4.69, 9.17) is 11.6 Å². The van der Waals surface area contributed by atoms with Gasteiger partial charge in [-0.3, -0.25) is 9.52 Å². The second-order valence-electron chi connectivity index (χ2n) is 7.07. The predicted octanol–water partition coefficient (Wildman–Crippen LogP) is 5.63. The first-order valence-corrected chi connectivity index (χ1v) is 12.6. The fraction of sp³-hybridized carbons (Fsp3) is 0.174. The van der Waals surface area contributed by atoms with E-state index in [1.807, 2.05) is 19.1 Å². The maximum atomic E-state index is 12.7. The van der Waals surface area contributed by atoms with Crippen molar-refractivity contribution in [1.82, 2.24) is 0 Å². The average molecular weight is 475 g/mol. The number of rotatable bonds is 8. The number of nitrogens with one attached hydrogen (secondary N) is 2. The van der Waals surface area contributed by atoms with E-state index in [0.717, 1.165) is 5.75 Å². The first-order chi connectivity index (χ1) is 14.7. The van der Waals surface area contributed by atoms with Gasteiger partial charge < -0.3 is 5.32 Å². The van der Waals surface area contributed by atoms with Crippen molar-refractivity contribution in [2.75, 3.05) is 15.8 Å². The lowest BCUT2D eigenvalue weighted by Gasteiger charge is -2.12. The Kier molecular flexibility index (Phi) is 7.64. The zero-order valence-electron chi connectivity index (χ0n) is 17.2. The van der Waals surface area contributed by atoms with Crippen LogP contribution in [0.15, 0.2) is 71.6 Å². The van der Waals surface area contributed by atoms with Crippen molar-refractivity contribution in [3.63, 3.8) is 0 Å². The van der Waals surface area contributed by atoms with E-state index in [1.54, 1.807) is 37.3 Å². The number of hydrogen-bond donors (Lipinski definition) is 2. The molecule has 0 atom stereocenters.